The molecule has 0 aliphatic carbocycles. The summed E-state index contributed by atoms with van der Waals surface area (Å²) in [5.74, 6) is 0.620. The summed E-state index contributed by atoms with van der Waals surface area (Å²) in [6.07, 6.45) is 1.78. The molecule has 0 atom stereocenters. The molecule has 0 aromatic carbocycles. The second-order valence-electron chi connectivity index (χ2n) is 4.05. The molecule has 5 nitrogen and oxygen atoms in total. The van der Waals surface area contributed by atoms with Crippen LogP contribution in [0.4, 0.5) is 5.95 Å². The van der Waals surface area contributed by atoms with Crippen LogP contribution in [0.15, 0.2) is 42.6 Å². The molecule has 0 amide bonds. The maximum Gasteiger partial charge on any atom is 0.243 e. The van der Waals surface area contributed by atoms with Crippen molar-refractivity contribution >= 4 is 11.6 Å². The van der Waals surface area contributed by atoms with Gasteiger partial charge in [-0.3, -0.25) is 4.98 Å². The Kier molecular flexibility index (Phi) is 2.64. The number of nitrogens with one attached hydrogen (secondary N) is 1. The first-order valence-electron chi connectivity index (χ1n) is 5.79. The average Bonchev–Trinajstić information content (AvgIpc) is 2.82. The third kappa shape index (κ3) is 2.02. The van der Waals surface area contributed by atoms with Crippen LogP contribution in [0.1, 0.15) is 11.4 Å². The zero-order chi connectivity index (χ0) is 12.4. The highest BCUT2D eigenvalue weighted by atomic mass is 15.3. The molecule has 0 bridgehead atoms. The van der Waals surface area contributed by atoms with Crippen molar-refractivity contribution in [2.75, 3.05) is 5.32 Å². The fraction of sp³-hybridized carbons (Fsp3) is 0.154. The first kappa shape index (κ1) is 10.7. The maximum absolute atomic E-state index is 4.40. The number of aryl methyl sites for hydroxylation is 1. The lowest BCUT2D eigenvalue weighted by atomic mass is 10.3. The topological polar surface area (TPSA) is 55.1 Å². The van der Waals surface area contributed by atoms with Crippen LogP contribution >= 0.6 is 0 Å². The summed E-state index contributed by atoms with van der Waals surface area (Å²) >= 11 is 0. The van der Waals surface area contributed by atoms with Crippen LogP contribution in [-0.4, -0.2) is 19.6 Å². The predicted octanol–water partition coefficient (Wildman–Crippen LogP) is 2.04. The largest absolute Gasteiger partial charge is 0.347 e. The molecule has 18 heavy (non-hydrogen) atoms. The molecule has 90 valence electrons. The third-order valence-electron chi connectivity index (χ3n) is 2.70. The van der Waals surface area contributed by atoms with Crippen molar-refractivity contribution in [3.63, 3.8) is 0 Å². The molecule has 0 unspecified atom stereocenters. The molecular formula is C13H13N5. The van der Waals surface area contributed by atoms with Gasteiger partial charge < -0.3 is 5.32 Å². The summed E-state index contributed by atoms with van der Waals surface area (Å²) in [5, 5.41) is 7.57. The number of rotatable bonds is 3. The molecule has 1 N–H and O–H groups in total. The number of hydrogen-bond acceptors (Lipinski definition) is 4. The normalized spacial score (nSPS) is 10.7. The summed E-state index contributed by atoms with van der Waals surface area (Å²) in [6, 6.07) is 11.7. The summed E-state index contributed by atoms with van der Waals surface area (Å²) in [7, 11) is 0. The van der Waals surface area contributed by atoms with E-state index in [4.69, 9.17) is 0 Å². The highest BCUT2D eigenvalue weighted by Gasteiger charge is 2.04. The van der Waals surface area contributed by atoms with Crippen molar-refractivity contribution in [1.82, 2.24) is 19.6 Å². The van der Waals surface area contributed by atoms with E-state index in [1.54, 1.807) is 6.20 Å². The standard InChI is InChI=1S/C13H13N5/c1-10-5-4-7-12-16-13(17-18(10)12)15-9-11-6-2-3-8-14-11/h2-8H,9H2,1H3,(H,15,17). The Balaban J connectivity index is 1.81. The first-order valence-corrected chi connectivity index (χ1v) is 5.79. The van der Waals surface area contributed by atoms with Gasteiger partial charge in [0.2, 0.25) is 5.95 Å². The van der Waals surface area contributed by atoms with Crippen molar-refractivity contribution < 1.29 is 0 Å². The molecule has 3 aromatic heterocycles. The molecule has 0 radical (unpaired) electrons. The third-order valence-corrected chi connectivity index (χ3v) is 2.70. The van der Waals surface area contributed by atoms with Crippen LogP contribution in [0.25, 0.3) is 5.65 Å². The van der Waals surface area contributed by atoms with Crippen molar-refractivity contribution in [1.29, 1.82) is 0 Å². The highest BCUT2D eigenvalue weighted by Crippen LogP contribution is 2.08. The summed E-state index contributed by atoms with van der Waals surface area (Å²) in [4.78, 5) is 8.64. The van der Waals surface area contributed by atoms with Crippen molar-refractivity contribution in [3.8, 4) is 0 Å². The molecular weight excluding hydrogens is 226 g/mol. The van der Waals surface area contributed by atoms with Crippen molar-refractivity contribution in [3.05, 3.63) is 54.0 Å². The lowest BCUT2D eigenvalue weighted by molar-refractivity contribution is 0.905. The Morgan fingerprint density at radius 3 is 2.89 bits per heavy atom. The molecule has 0 saturated heterocycles. The number of pyridine rings is 2. The molecule has 3 rings (SSSR count). The van der Waals surface area contributed by atoms with Gasteiger partial charge in [-0.15, -0.1) is 5.10 Å². The molecule has 0 fully saturated rings. The van der Waals surface area contributed by atoms with E-state index < -0.39 is 0 Å². The average molecular weight is 239 g/mol. The van der Waals surface area contributed by atoms with Crippen LogP contribution in [0.5, 0.6) is 0 Å². The van der Waals surface area contributed by atoms with Gasteiger partial charge in [-0.05, 0) is 31.2 Å². The second-order valence-corrected chi connectivity index (χ2v) is 4.05. The van der Waals surface area contributed by atoms with Gasteiger partial charge in [0.05, 0.1) is 12.2 Å². The SMILES string of the molecule is Cc1cccc2nc(NCc3ccccn3)nn12. The monoisotopic (exact) mass is 239 g/mol. The van der Waals surface area contributed by atoms with Gasteiger partial charge in [-0.25, -0.2) is 4.52 Å². The lowest BCUT2D eigenvalue weighted by Gasteiger charge is -1.99. The van der Waals surface area contributed by atoms with Crippen molar-refractivity contribution in [2.24, 2.45) is 0 Å². The number of fused-ring (bicyclic) bond motifs is 1. The zero-order valence-electron chi connectivity index (χ0n) is 10.0. The fourth-order valence-electron chi connectivity index (χ4n) is 1.78. The quantitative estimate of drug-likeness (QED) is 0.760. The van der Waals surface area contributed by atoms with Crippen LogP contribution in [-0.2, 0) is 6.54 Å². The summed E-state index contributed by atoms with van der Waals surface area (Å²) in [6.45, 7) is 2.63. The van der Waals surface area contributed by atoms with Gasteiger partial charge in [-0.1, -0.05) is 12.1 Å². The van der Waals surface area contributed by atoms with E-state index in [0.29, 0.717) is 12.5 Å². The maximum atomic E-state index is 4.40. The van der Waals surface area contributed by atoms with Gasteiger partial charge in [0.15, 0.2) is 5.65 Å². The number of nitrogens with zero attached hydrogens (tertiary/aromatic N) is 4. The smallest absolute Gasteiger partial charge is 0.243 e. The van der Waals surface area contributed by atoms with E-state index in [1.807, 2.05) is 47.8 Å². The van der Waals surface area contributed by atoms with Crippen LogP contribution in [0.3, 0.4) is 0 Å². The molecule has 0 aliphatic heterocycles. The van der Waals surface area contributed by atoms with E-state index in [2.05, 4.69) is 20.4 Å². The number of hydrogen-bond donors (Lipinski definition) is 1. The summed E-state index contributed by atoms with van der Waals surface area (Å²) < 4.78 is 1.82. The van der Waals surface area contributed by atoms with E-state index in [1.165, 1.54) is 0 Å². The van der Waals surface area contributed by atoms with E-state index >= 15 is 0 Å². The fourth-order valence-corrected chi connectivity index (χ4v) is 1.78. The van der Waals surface area contributed by atoms with Crippen molar-refractivity contribution in [2.45, 2.75) is 13.5 Å². The highest BCUT2D eigenvalue weighted by molar-refractivity contribution is 5.44. The number of anilines is 1. The molecule has 0 aliphatic rings. The second kappa shape index (κ2) is 4.44. The summed E-state index contributed by atoms with van der Waals surface area (Å²) in [5.41, 5.74) is 2.87. The van der Waals surface area contributed by atoms with E-state index in [9.17, 15) is 0 Å². The molecule has 3 aromatic rings. The minimum Gasteiger partial charge on any atom is -0.347 e. The molecule has 0 spiro atoms. The van der Waals surface area contributed by atoms with Gasteiger partial charge in [-0.2, -0.15) is 4.98 Å². The Hall–Kier alpha value is -2.43. The molecule has 3 heterocycles. The van der Waals surface area contributed by atoms with Gasteiger partial charge in [0.1, 0.15) is 0 Å². The van der Waals surface area contributed by atoms with E-state index in [-0.39, 0.29) is 0 Å². The van der Waals surface area contributed by atoms with Gasteiger partial charge in [0, 0.05) is 11.9 Å². The Labute approximate surface area is 105 Å². The van der Waals surface area contributed by atoms with Crippen LogP contribution in [0.2, 0.25) is 0 Å². The zero-order valence-corrected chi connectivity index (χ0v) is 10.0. The Morgan fingerprint density at radius 2 is 2.11 bits per heavy atom. The lowest BCUT2D eigenvalue weighted by Crippen LogP contribution is -2.02. The molecule has 5 heteroatoms. The van der Waals surface area contributed by atoms with Gasteiger partial charge >= 0.3 is 0 Å². The van der Waals surface area contributed by atoms with Crippen LogP contribution in [0, 0.1) is 6.92 Å². The Bertz CT molecular complexity index is 659. The van der Waals surface area contributed by atoms with Gasteiger partial charge in [0.25, 0.3) is 0 Å². The minimum absolute atomic E-state index is 0.620. The van der Waals surface area contributed by atoms with Crippen LogP contribution < -0.4 is 5.32 Å². The molecule has 0 saturated carbocycles. The Morgan fingerprint density at radius 1 is 1.17 bits per heavy atom. The van der Waals surface area contributed by atoms with E-state index in [0.717, 1.165) is 17.0 Å². The predicted molar refractivity (Wildman–Crippen MR) is 69.3 cm³/mol. The minimum atomic E-state index is 0.620. The first-order chi connectivity index (χ1) is 8.83. The number of aromatic nitrogens is 4.